The third kappa shape index (κ3) is 4.77. The first-order valence-corrected chi connectivity index (χ1v) is 12.2. The largest absolute Gasteiger partial charge is 0.369 e. The molecule has 182 valence electrons. The molecule has 5 rings (SSSR count). The molecule has 9 nitrogen and oxygen atoms in total. The number of benzene rings is 1. The van der Waals surface area contributed by atoms with E-state index in [0.29, 0.717) is 22.6 Å². The van der Waals surface area contributed by atoms with E-state index in [9.17, 15) is 4.79 Å². The average Bonchev–Trinajstić information content (AvgIpc) is 2.79. The molecule has 3 aliphatic rings. The van der Waals surface area contributed by atoms with Crippen LogP contribution in [-0.2, 0) is 0 Å². The molecule has 3 heterocycles. The van der Waals surface area contributed by atoms with E-state index in [4.69, 9.17) is 5.73 Å². The quantitative estimate of drug-likeness (QED) is 0.593. The number of primary amides is 1. The van der Waals surface area contributed by atoms with Crippen molar-refractivity contribution in [1.29, 1.82) is 0 Å². The van der Waals surface area contributed by atoms with E-state index >= 15 is 4.39 Å². The number of carbonyl (C=O) groups excluding carboxylic acids is 1. The normalized spacial score (nSPS) is 20.7. The highest BCUT2D eigenvalue weighted by molar-refractivity contribution is 5.95. The van der Waals surface area contributed by atoms with Gasteiger partial charge in [0.1, 0.15) is 5.82 Å². The molecule has 1 aromatic heterocycles. The topological polar surface area (TPSA) is 112 Å². The van der Waals surface area contributed by atoms with Crippen LogP contribution in [0.3, 0.4) is 0 Å². The van der Waals surface area contributed by atoms with Gasteiger partial charge in [0.15, 0.2) is 11.5 Å². The zero-order chi connectivity index (χ0) is 23.7. The molecule has 0 bridgehead atoms. The Hall–Kier alpha value is -3.01. The summed E-state index contributed by atoms with van der Waals surface area (Å²) < 4.78 is 15.1. The predicted molar refractivity (Wildman–Crippen MR) is 130 cm³/mol. The Balaban J connectivity index is 1.25. The van der Waals surface area contributed by atoms with Crippen LogP contribution < -0.4 is 21.3 Å². The van der Waals surface area contributed by atoms with Crippen molar-refractivity contribution >= 4 is 29.0 Å². The van der Waals surface area contributed by atoms with Gasteiger partial charge in [-0.05, 0) is 88.7 Å². The lowest BCUT2D eigenvalue weighted by atomic mass is 9.71. The molecule has 1 aliphatic carbocycles. The number of nitrogens with zero attached hydrogens (tertiary/aromatic N) is 5. The fourth-order valence-electron chi connectivity index (χ4n) is 5.18. The van der Waals surface area contributed by atoms with E-state index in [1.54, 1.807) is 0 Å². The van der Waals surface area contributed by atoms with Gasteiger partial charge >= 0.3 is 0 Å². The minimum Gasteiger partial charge on any atom is -0.369 e. The Morgan fingerprint density at radius 3 is 2.44 bits per heavy atom. The molecule has 10 heteroatoms. The molecule has 1 amide bonds. The zero-order valence-corrected chi connectivity index (χ0v) is 19.7. The first-order chi connectivity index (χ1) is 16.4. The fourth-order valence-corrected chi connectivity index (χ4v) is 5.18. The van der Waals surface area contributed by atoms with Gasteiger partial charge in [0.25, 0.3) is 5.91 Å². The molecule has 0 unspecified atom stereocenters. The Morgan fingerprint density at radius 1 is 1.12 bits per heavy atom. The van der Waals surface area contributed by atoms with Gasteiger partial charge in [-0.2, -0.15) is 4.98 Å². The number of likely N-dealkylation sites (tertiary alicyclic amines) is 1. The first-order valence-electron chi connectivity index (χ1n) is 12.2. The number of rotatable bonds is 6. The van der Waals surface area contributed by atoms with Crippen LogP contribution in [0.2, 0.25) is 0 Å². The van der Waals surface area contributed by atoms with Gasteiger partial charge in [-0.3, -0.25) is 4.79 Å². The van der Waals surface area contributed by atoms with Crippen molar-refractivity contribution in [2.24, 2.45) is 11.1 Å². The summed E-state index contributed by atoms with van der Waals surface area (Å²) in [5.74, 6) is -0.477. The lowest BCUT2D eigenvalue weighted by molar-refractivity contribution is 0.0943. The molecule has 2 aromatic rings. The Morgan fingerprint density at radius 2 is 1.82 bits per heavy atom. The molecule has 2 aliphatic heterocycles. The van der Waals surface area contributed by atoms with Crippen molar-refractivity contribution in [3.63, 3.8) is 0 Å². The minimum absolute atomic E-state index is 0.00598. The van der Waals surface area contributed by atoms with Gasteiger partial charge in [0.2, 0.25) is 5.95 Å². The second-order valence-corrected chi connectivity index (χ2v) is 10.1. The number of carbonyl (C=O) groups is 1. The van der Waals surface area contributed by atoms with Crippen LogP contribution in [0.1, 0.15) is 55.4 Å². The molecule has 1 spiro atoms. The molecule has 34 heavy (non-hydrogen) atoms. The van der Waals surface area contributed by atoms with E-state index in [-0.39, 0.29) is 23.5 Å². The third-order valence-electron chi connectivity index (χ3n) is 7.78. The lowest BCUT2D eigenvalue weighted by Gasteiger charge is -2.46. The van der Waals surface area contributed by atoms with Gasteiger partial charge in [-0.25, -0.2) is 4.39 Å². The third-order valence-corrected chi connectivity index (χ3v) is 7.78. The highest BCUT2D eigenvalue weighted by atomic mass is 19.1. The fraction of sp³-hybridized carbons (Fsp3) is 0.583. The van der Waals surface area contributed by atoms with E-state index < -0.39 is 5.91 Å². The molecule has 0 radical (unpaired) electrons. The second-order valence-electron chi connectivity index (χ2n) is 10.1. The molecule has 1 saturated carbocycles. The van der Waals surface area contributed by atoms with Crippen molar-refractivity contribution in [3.8, 4) is 0 Å². The van der Waals surface area contributed by atoms with Crippen LogP contribution in [0.15, 0.2) is 18.2 Å². The number of nitrogens with two attached hydrogens (primary N) is 1. The predicted octanol–water partition coefficient (Wildman–Crippen LogP) is 3.13. The molecule has 4 N–H and O–H groups in total. The maximum Gasteiger partial charge on any atom is 0.273 e. The SMILES string of the molecule is CN1CCC2(CC1)CCN(c1ccc(Nc3nnc(C(N)=O)c(NC4CCC4)n3)cc1F)CC2. The molecule has 2 saturated heterocycles. The standard InChI is InChI=1S/C24H33FN8O/c1-32-11-7-24(8-12-32)9-13-33(14-10-24)19-6-5-17(15-18(19)25)28-23-29-22(27-16-3-2-4-16)20(21(26)34)30-31-23/h5-6,15-16H,2-4,7-14H2,1H3,(H2,26,34)(H2,27,28,29,31). The Labute approximate surface area is 199 Å². The van der Waals surface area contributed by atoms with Crippen molar-refractivity contribution in [2.45, 2.75) is 51.0 Å². The van der Waals surface area contributed by atoms with Crippen LogP contribution in [0.4, 0.5) is 27.5 Å². The minimum atomic E-state index is -0.688. The molecule has 1 aromatic carbocycles. The van der Waals surface area contributed by atoms with Crippen molar-refractivity contribution < 1.29 is 9.18 Å². The van der Waals surface area contributed by atoms with E-state index in [2.05, 4.69) is 42.7 Å². The maximum atomic E-state index is 15.1. The summed E-state index contributed by atoms with van der Waals surface area (Å²) in [7, 11) is 2.19. The van der Waals surface area contributed by atoms with Crippen LogP contribution in [-0.4, -0.2) is 65.3 Å². The maximum absolute atomic E-state index is 15.1. The molecular formula is C24H33FN8O. The van der Waals surface area contributed by atoms with Gasteiger partial charge in [-0.15, -0.1) is 10.2 Å². The van der Waals surface area contributed by atoms with Gasteiger partial charge < -0.3 is 26.2 Å². The van der Waals surface area contributed by atoms with E-state index in [1.165, 1.54) is 18.9 Å². The lowest BCUT2D eigenvalue weighted by Crippen LogP contribution is -2.46. The number of hydrogen-bond acceptors (Lipinski definition) is 8. The number of piperidine rings is 2. The summed E-state index contributed by atoms with van der Waals surface area (Å²) in [5, 5.41) is 14.1. The number of hydrogen-bond donors (Lipinski definition) is 3. The Bertz CT molecular complexity index is 1040. The van der Waals surface area contributed by atoms with Crippen LogP contribution in [0.5, 0.6) is 0 Å². The summed E-state index contributed by atoms with van der Waals surface area (Å²) in [4.78, 5) is 20.6. The molecule has 0 atom stereocenters. The van der Waals surface area contributed by atoms with Gasteiger partial charge in [-0.1, -0.05) is 0 Å². The van der Waals surface area contributed by atoms with Crippen LogP contribution in [0.25, 0.3) is 0 Å². The van der Waals surface area contributed by atoms with Crippen molar-refractivity contribution in [3.05, 3.63) is 29.7 Å². The van der Waals surface area contributed by atoms with Crippen molar-refractivity contribution in [2.75, 3.05) is 48.8 Å². The molecular weight excluding hydrogens is 435 g/mol. The van der Waals surface area contributed by atoms with Crippen molar-refractivity contribution in [1.82, 2.24) is 20.1 Å². The summed E-state index contributed by atoms with van der Waals surface area (Å²) >= 11 is 0. The smallest absolute Gasteiger partial charge is 0.273 e. The molecule has 3 fully saturated rings. The highest BCUT2D eigenvalue weighted by Crippen LogP contribution is 2.42. The van der Waals surface area contributed by atoms with Gasteiger partial charge in [0.05, 0.1) is 5.69 Å². The van der Waals surface area contributed by atoms with Gasteiger partial charge in [0, 0.05) is 24.8 Å². The zero-order valence-electron chi connectivity index (χ0n) is 19.7. The second kappa shape index (κ2) is 9.32. The summed E-state index contributed by atoms with van der Waals surface area (Å²) in [5.41, 5.74) is 6.99. The van der Waals surface area contributed by atoms with Crippen LogP contribution >= 0.6 is 0 Å². The average molecular weight is 469 g/mol. The number of halogens is 1. The van der Waals surface area contributed by atoms with E-state index in [0.717, 1.165) is 58.3 Å². The monoisotopic (exact) mass is 468 g/mol. The number of aromatic nitrogens is 3. The van der Waals surface area contributed by atoms with E-state index in [1.807, 2.05) is 12.1 Å². The number of anilines is 4. The highest BCUT2D eigenvalue weighted by Gasteiger charge is 2.37. The number of nitrogens with one attached hydrogen (secondary N) is 2. The number of amides is 1. The van der Waals surface area contributed by atoms with Crippen LogP contribution in [0, 0.1) is 11.2 Å². The first kappa shape index (κ1) is 22.8. The summed E-state index contributed by atoms with van der Waals surface area (Å²) in [6, 6.07) is 5.34. The summed E-state index contributed by atoms with van der Waals surface area (Å²) in [6.45, 7) is 4.07. The Kier molecular flexibility index (Phi) is 6.24. The summed E-state index contributed by atoms with van der Waals surface area (Å²) in [6.07, 6.45) is 7.85.